The average Bonchev–Trinajstić information content (AvgIpc) is 3.34. The minimum Gasteiger partial charge on any atom is -0.466 e. The number of hydrogen-bond donors (Lipinski definition) is 3. The van der Waals surface area contributed by atoms with E-state index >= 15 is 0 Å². The molecule has 0 aliphatic rings. The van der Waals surface area contributed by atoms with E-state index in [1.165, 1.54) is 218 Å². The SMILES string of the molecule is CCCCCCCCC/C=C\CCCCCCCCCC(=O)OCCCCC/C=C\C=C/CCCCCCCCCCCCC(=O)NC(CO)C(O)CCCCCCCCCCCCCCCC. The van der Waals surface area contributed by atoms with Crippen LogP contribution in [0.2, 0.25) is 0 Å². The van der Waals surface area contributed by atoms with Crippen molar-refractivity contribution < 1.29 is 24.5 Å². The van der Waals surface area contributed by atoms with Crippen molar-refractivity contribution in [3.8, 4) is 0 Å². The fraction of sp³-hybridized carbons (Fsp3) is 0.871. The zero-order valence-corrected chi connectivity index (χ0v) is 45.6. The Kier molecular flexibility index (Phi) is 56.0. The summed E-state index contributed by atoms with van der Waals surface area (Å²) in [4.78, 5) is 24.5. The number of hydrogen-bond acceptors (Lipinski definition) is 5. The molecule has 0 saturated carbocycles. The van der Waals surface area contributed by atoms with Crippen LogP contribution in [0.3, 0.4) is 0 Å². The van der Waals surface area contributed by atoms with E-state index in [1.54, 1.807) is 0 Å². The molecule has 0 aromatic rings. The third-order valence-electron chi connectivity index (χ3n) is 13.9. The van der Waals surface area contributed by atoms with E-state index in [0.717, 1.165) is 70.6 Å². The summed E-state index contributed by atoms with van der Waals surface area (Å²) in [5.74, 6) is -0.0605. The standard InChI is InChI=1S/C62H117NO5/c1-3-5-7-9-11-13-15-17-19-20-25-28-32-36-40-44-48-52-56-62(67)68-57-53-49-45-41-37-33-29-26-23-21-22-24-27-31-35-39-43-47-51-55-61(66)63-59(58-64)60(65)54-50-46-42-38-34-30-18-16-14-12-10-8-6-4-2/h19-20,26,29,33,37,59-60,64-65H,3-18,21-25,27-28,30-32,34-36,38-58H2,1-2H3,(H,63,66)/b20-19-,29-26-,37-33-. The van der Waals surface area contributed by atoms with Gasteiger partial charge >= 0.3 is 5.97 Å². The van der Waals surface area contributed by atoms with E-state index in [-0.39, 0.29) is 18.5 Å². The third kappa shape index (κ3) is 53.4. The van der Waals surface area contributed by atoms with Gasteiger partial charge in [-0.2, -0.15) is 0 Å². The van der Waals surface area contributed by atoms with Gasteiger partial charge in [-0.25, -0.2) is 0 Å². The number of aliphatic hydroxyl groups is 2. The van der Waals surface area contributed by atoms with Crippen LogP contribution in [0, 0.1) is 0 Å². The van der Waals surface area contributed by atoms with E-state index in [2.05, 4.69) is 55.6 Å². The number of nitrogens with one attached hydrogen (secondary N) is 1. The highest BCUT2D eigenvalue weighted by molar-refractivity contribution is 5.76. The number of allylic oxidation sites excluding steroid dienone is 6. The maximum Gasteiger partial charge on any atom is 0.305 e. The summed E-state index contributed by atoms with van der Waals surface area (Å²) >= 11 is 0. The lowest BCUT2D eigenvalue weighted by Crippen LogP contribution is -2.45. The molecular weight excluding hydrogens is 839 g/mol. The van der Waals surface area contributed by atoms with Crippen LogP contribution in [0.1, 0.15) is 322 Å². The maximum absolute atomic E-state index is 12.5. The van der Waals surface area contributed by atoms with E-state index in [1.807, 2.05) is 0 Å². The molecule has 0 spiro atoms. The molecule has 68 heavy (non-hydrogen) atoms. The number of unbranched alkanes of at least 4 members (excludes halogenated alkanes) is 40. The van der Waals surface area contributed by atoms with Gasteiger partial charge in [0, 0.05) is 12.8 Å². The Hall–Kier alpha value is -1.92. The van der Waals surface area contributed by atoms with Gasteiger partial charge in [-0.1, -0.05) is 262 Å². The maximum atomic E-state index is 12.5. The van der Waals surface area contributed by atoms with Crippen LogP contribution in [-0.2, 0) is 14.3 Å². The first-order valence-corrected chi connectivity index (χ1v) is 30.3. The largest absolute Gasteiger partial charge is 0.466 e. The molecule has 0 fully saturated rings. The zero-order valence-electron chi connectivity index (χ0n) is 45.6. The van der Waals surface area contributed by atoms with E-state index in [9.17, 15) is 19.8 Å². The first-order chi connectivity index (χ1) is 33.5. The fourth-order valence-electron chi connectivity index (χ4n) is 9.27. The van der Waals surface area contributed by atoms with Gasteiger partial charge in [-0.15, -0.1) is 0 Å². The van der Waals surface area contributed by atoms with Gasteiger partial charge in [0.2, 0.25) is 5.91 Å². The van der Waals surface area contributed by atoms with Crippen LogP contribution in [0.5, 0.6) is 0 Å². The second kappa shape index (κ2) is 57.7. The van der Waals surface area contributed by atoms with Crippen LogP contribution in [0.4, 0.5) is 0 Å². The highest BCUT2D eigenvalue weighted by Crippen LogP contribution is 2.17. The molecule has 0 radical (unpaired) electrons. The molecule has 3 N–H and O–H groups in total. The molecule has 0 aliphatic carbocycles. The van der Waals surface area contributed by atoms with E-state index in [0.29, 0.717) is 25.9 Å². The van der Waals surface area contributed by atoms with Crippen LogP contribution in [0.15, 0.2) is 36.5 Å². The van der Waals surface area contributed by atoms with Crippen LogP contribution in [0.25, 0.3) is 0 Å². The zero-order chi connectivity index (χ0) is 49.3. The lowest BCUT2D eigenvalue weighted by Gasteiger charge is -2.22. The van der Waals surface area contributed by atoms with Crippen molar-refractivity contribution in [2.24, 2.45) is 0 Å². The molecular formula is C62H117NO5. The minimum atomic E-state index is -0.671. The van der Waals surface area contributed by atoms with Crippen LogP contribution < -0.4 is 5.32 Å². The van der Waals surface area contributed by atoms with E-state index in [4.69, 9.17) is 4.74 Å². The van der Waals surface area contributed by atoms with Crippen molar-refractivity contribution in [3.05, 3.63) is 36.5 Å². The van der Waals surface area contributed by atoms with Crippen molar-refractivity contribution in [2.75, 3.05) is 13.2 Å². The smallest absolute Gasteiger partial charge is 0.305 e. The lowest BCUT2D eigenvalue weighted by molar-refractivity contribution is -0.143. The summed E-state index contributed by atoms with van der Waals surface area (Å²) < 4.78 is 5.46. The van der Waals surface area contributed by atoms with Crippen LogP contribution in [-0.4, -0.2) is 47.4 Å². The predicted octanol–water partition coefficient (Wildman–Crippen LogP) is 18.8. The molecule has 0 heterocycles. The Balaban J connectivity index is 3.46. The van der Waals surface area contributed by atoms with Crippen molar-refractivity contribution >= 4 is 11.9 Å². The Labute approximate surface area is 424 Å². The van der Waals surface area contributed by atoms with Gasteiger partial charge in [-0.3, -0.25) is 9.59 Å². The van der Waals surface area contributed by atoms with Gasteiger partial charge < -0.3 is 20.3 Å². The second-order valence-corrected chi connectivity index (χ2v) is 20.7. The molecule has 0 aromatic carbocycles. The van der Waals surface area contributed by atoms with E-state index < -0.39 is 12.1 Å². The quantitative estimate of drug-likeness (QED) is 0.0244. The molecule has 2 atom stereocenters. The molecule has 1 amide bonds. The van der Waals surface area contributed by atoms with Gasteiger partial charge in [0.25, 0.3) is 0 Å². The summed E-state index contributed by atoms with van der Waals surface area (Å²) in [6, 6.07) is -0.549. The molecule has 0 bridgehead atoms. The van der Waals surface area contributed by atoms with Gasteiger partial charge in [0.05, 0.1) is 25.4 Å². The highest BCUT2D eigenvalue weighted by atomic mass is 16.5. The fourth-order valence-corrected chi connectivity index (χ4v) is 9.27. The normalized spacial score (nSPS) is 12.8. The molecule has 0 saturated heterocycles. The molecule has 6 heteroatoms. The summed E-state index contributed by atoms with van der Waals surface area (Å²) in [6.07, 6.45) is 71.4. The second-order valence-electron chi connectivity index (χ2n) is 20.7. The van der Waals surface area contributed by atoms with Crippen molar-refractivity contribution in [1.29, 1.82) is 0 Å². The Morgan fingerprint density at radius 2 is 0.735 bits per heavy atom. The Morgan fingerprint density at radius 1 is 0.412 bits per heavy atom. The van der Waals surface area contributed by atoms with Gasteiger partial charge in [0.15, 0.2) is 0 Å². The minimum absolute atomic E-state index is 0.0162. The van der Waals surface area contributed by atoms with Crippen molar-refractivity contribution in [3.63, 3.8) is 0 Å². The number of carbonyl (C=O) groups excluding carboxylic acids is 2. The third-order valence-corrected chi connectivity index (χ3v) is 13.9. The predicted molar refractivity (Wildman–Crippen MR) is 296 cm³/mol. The lowest BCUT2D eigenvalue weighted by atomic mass is 10.0. The molecule has 0 aliphatic heterocycles. The number of ether oxygens (including phenoxy) is 1. The Morgan fingerprint density at radius 3 is 1.13 bits per heavy atom. The first-order valence-electron chi connectivity index (χ1n) is 30.3. The molecule has 0 aromatic heterocycles. The summed E-state index contributed by atoms with van der Waals surface area (Å²) in [5, 5.41) is 23.3. The van der Waals surface area contributed by atoms with Gasteiger partial charge in [-0.05, 0) is 83.5 Å². The number of aliphatic hydroxyl groups excluding tert-OH is 2. The van der Waals surface area contributed by atoms with Crippen molar-refractivity contribution in [1.82, 2.24) is 5.32 Å². The van der Waals surface area contributed by atoms with Gasteiger partial charge in [0.1, 0.15) is 0 Å². The highest BCUT2D eigenvalue weighted by Gasteiger charge is 2.20. The average molecular weight is 957 g/mol. The topological polar surface area (TPSA) is 95.9 Å². The van der Waals surface area contributed by atoms with Crippen LogP contribution >= 0.6 is 0 Å². The monoisotopic (exact) mass is 956 g/mol. The first kappa shape index (κ1) is 66.1. The number of amides is 1. The van der Waals surface area contributed by atoms with Crippen molar-refractivity contribution in [2.45, 2.75) is 334 Å². The number of rotatable bonds is 56. The summed E-state index contributed by atoms with van der Waals surface area (Å²) in [5.41, 5.74) is 0. The molecule has 400 valence electrons. The number of carbonyl (C=O) groups is 2. The Bertz CT molecular complexity index is 1100. The molecule has 2 unspecified atom stereocenters. The molecule has 6 nitrogen and oxygen atoms in total. The summed E-state index contributed by atoms with van der Waals surface area (Å²) in [6.45, 7) is 4.92. The summed E-state index contributed by atoms with van der Waals surface area (Å²) in [7, 11) is 0. The number of esters is 1. The molecule has 0 rings (SSSR count).